The molecule has 0 bridgehead atoms. The second-order valence-electron chi connectivity index (χ2n) is 2.53. The van der Waals surface area contributed by atoms with Crippen molar-refractivity contribution in [1.82, 2.24) is 0 Å². The standard InChI is InChI=1S/C10H8O4.Co/c11-8(6-9(12)10(13)14)7-4-2-1-3-5-7;/h1-6,11H,(H,13,14);/q;+2/p-2/b8-6-;. The molecule has 1 radical (unpaired) electrons. The van der Waals surface area contributed by atoms with Gasteiger partial charge in [-0.15, -0.1) is 0 Å². The van der Waals surface area contributed by atoms with Crippen molar-refractivity contribution in [3.05, 3.63) is 42.0 Å². The van der Waals surface area contributed by atoms with Gasteiger partial charge in [0.2, 0.25) is 5.78 Å². The van der Waals surface area contributed by atoms with Crippen LogP contribution in [0.15, 0.2) is 36.4 Å². The number of carbonyl (C=O) groups is 2. The molecule has 0 atom stereocenters. The Hall–Kier alpha value is -1.59. The van der Waals surface area contributed by atoms with Crippen LogP contribution in [0.2, 0.25) is 0 Å². The van der Waals surface area contributed by atoms with Crippen molar-refractivity contribution in [2.24, 2.45) is 0 Å². The van der Waals surface area contributed by atoms with Crippen LogP contribution in [0.1, 0.15) is 5.56 Å². The van der Waals surface area contributed by atoms with E-state index in [9.17, 15) is 19.8 Å². The number of hydrogen-bond acceptors (Lipinski definition) is 4. The zero-order valence-electron chi connectivity index (χ0n) is 7.43. The summed E-state index contributed by atoms with van der Waals surface area (Å²) in [5.41, 5.74) is 0.266. The van der Waals surface area contributed by atoms with Crippen LogP contribution in [0.3, 0.4) is 0 Å². The quantitative estimate of drug-likeness (QED) is 0.379. The van der Waals surface area contributed by atoms with Gasteiger partial charge in [-0.3, -0.25) is 4.79 Å². The molecule has 15 heavy (non-hydrogen) atoms. The predicted octanol–water partition coefficient (Wildman–Crippen LogP) is -1.30. The fourth-order valence-corrected chi connectivity index (χ4v) is 0.864. The molecule has 79 valence electrons. The summed E-state index contributed by atoms with van der Waals surface area (Å²) in [6, 6.07) is 7.91. The first kappa shape index (κ1) is 13.4. The number of hydrogen-bond donors (Lipinski definition) is 0. The van der Waals surface area contributed by atoms with E-state index in [4.69, 9.17) is 0 Å². The van der Waals surface area contributed by atoms with Crippen LogP contribution < -0.4 is 10.2 Å². The fraction of sp³-hybridized carbons (Fsp3) is 0. The summed E-state index contributed by atoms with van der Waals surface area (Å²) in [5.74, 6) is -3.84. The van der Waals surface area contributed by atoms with E-state index >= 15 is 0 Å². The van der Waals surface area contributed by atoms with Crippen LogP contribution in [0, 0.1) is 0 Å². The van der Waals surface area contributed by atoms with Crippen LogP contribution >= 0.6 is 0 Å². The molecule has 4 nitrogen and oxygen atoms in total. The normalized spacial score (nSPS) is 10.3. The van der Waals surface area contributed by atoms with Crippen molar-refractivity contribution in [3.63, 3.8) is 0 Å². The molecule has 0 unspecified atom stereocenters. The van der Waals surface area contributed by atoms with E-state index in [0.29, 0.717) is 6.08 Å². The third kappa shape index (κ3) is 3.97. The van der Waals surface area contributed by atoms with Gasteiger partial charge in [-0.05, 0) is 11.6 Å². The van der Waals surface area contributed by atoms with Gasteiger partial charge in [0, 0.05) is 0 Å². The minimum Gasteiger partial charge on any atom is -0.872 e. The van der Waals surface area contributed by atoms with Crippen molar-refractivity contribution < 1.29 is 36.6 Å². The molecule has 0 aliphatic rings. The average molecular weight is 249 g/mol. The Balaban J connectivity index is 0.00000196. The summed E-state index contributed by atoms with van der Waals surface area (Å²) in [6.45, 7) is 0. The Morgan fingerprint density at radius 2 is 1.60 bits per heavy atom. The molecule has 0 heterocycles. The van der Waals surface area contributed by atoms with E-state index in [-0.39, 0.29) is 22.3 Å². The van der Waals surface area contributed by atoms with Crippen molar-refractivity contribution in [1.29, 1.82) is 0 Å². The minimum absolute atomic E-state index is 0. The molecule has 0 N–H and O–H groups in total. The molecule has 1 rings (SSSR count). The number of benzene rings is 1. The number of carboxylic acids is 1. The predicted molar refractivity (Wildman–Crippen MR) is 44.4 cm³/mol. The van der Waals surface area contributed by atoms with E-state index in [0.717, 1.165) is 0 Å². The van der Waals surface area contributed by atoms with Crippen molar-refractivity contribution >= 4 is 17.5 Å². The van der Waals surface area contributed by atoms with E-state index in [1.54, 1.807) is 18.2 Å². The Morgan fingerprint density at radius 3 is 2.07 bits per heavy atom. The largest absolute Gasteiger partial charge is 2.00 e. The molecule has 0 saturated heterocycles. The topological polar surface area (TPSA) is 80.3 Å². The van der Waals surface area contributed by atoms with Crippen molar-refractivity contribution in [2.75, 3.05) is 0 Å². The average Bonchev–Trinajstić information content (AvgIpc) is 2.19. The van der Waals surface area contributed by atoms with E-state index in [2.05, 4.69) is 0 Å². The monoisotopic (exact) mass is 249 g/mol. The first-order valence-corrected chi connectivity index (χ1v) is 3.80. The maximum Gasteiger partial charge on any atom is 2.00 e. The van der Waals surface area contributed by atoms with Crippen LogP contribution in [0.5, 0.6) is 0 Å². The summed E-state index contributed by atoms with van der Waals surface area (Å²) >= 11 is 0. The number of carboxylic acid groups (broad SMARTS) is 1. The molecular weight excluding hydrogens is 243 g/mol. The van der Waals surface area contributed by atoms with Gasteiger partial charge in [0.05, 0.1) is 0 Å². The fourth-order valence-electron chi connectivity index (χ4n) is 0.864. The maximum absolute atomic E-state index is 11.2. The van der Waals surface area contributed by atoms with Crippen LogP contribution in [-0.4, -0.2) is 11.8 Å². The van der Waals surface area contributed by atoms with Gasteiger partial charge in [-0.25, -0.2) is 0 Å². The van der Waals surface area contributed by atoms with Gasteiger partial charge >= 0.3 is 16.8 Å². The Bertz CT molecular complexity index is 384. The Kier molecular flexibility index (Phi) is 5.36. The van der Waals surface area contributed by atoms with Crippen LogP contribution in [0.4, 0.5) is 0 Å². The van der Waals surface area contributed by atoms with Gasteiger partial charge in [-0.1, -0.05) is 36.1 Å². The third-order valence-corrected chi connectivity index (χ3v) is 1.52. The molecule has 5 heteroatoms. The molecular formula is C10H6CoO4. The Labute approximate surface area is 96.4 Å². The molecule has 0 saturated carbocycles. The van der Waals surface area contributed by atoms with Crippen molar-refractivity contribution in [3.8, 4) is 0 Å². The van der Waals surface area contributed by atoms with Gasteiger partial charge < -0.3 is 15.0 Å². The first-order chi connectivity index (χ1) is 6.61. The molecule has 0 fully saturated rings. The molecule has 0 aliphatic carbocycles. The van der Waals surface area contributed by atoms with Crippen LogP contribution in [0.25, 0.3) is 5.76 Å². The van der Waals surface area contributed by atoms with Crippen LogP contribution in [-0.2, 0) is 26.4 Å². The minimum atomic E-state index is -1.88. The summed E-state index contributed by atoms with van der Waals surface area (Å²) < 4.78 is 0. The van der Waals surface area contributed by atoms with Gasteiger partial charge in [0.15, 0.2) is 0 Å². The number of rotatable bonds is 3. The summed E-state index contributed by atoms with van der Waals surface area (Å²) in [4.78, 5) is 20.6. The molecule has 0 amide bonds. The van der Waals surface area contributed by atoms with Gasteiger partial charge in [0.25, 0.3) is 0 Å². The van der Waals surface area contributed by atoms with Gasteiger partial charge in [-0.2, -0.15) is 0 Å². The van der Waals surface area contributed by atoms with Crippen molar-refractivity contribution in [2.45, 2.75) is 0 Å². The summed E-state index contributed by atoms with van der Waals surface area (Å²) in [6.07, 6.45) is 0.505. The number of ketones is 1. The third-order valence-electron chi connectivity index (χ3n) is 1.52. The maximum atomic E-state index is 11.2. The van der Waals surface area contributed by atoms with E-state index in [1.807, 2.05) is 0 Å². The second kappa shape index (κ2) is 6.00. The van der Waals surface area contributed by atoms with E-state index in [1.165, 1.54) is 12.1 Å². The Morgan fingerprint density at radius 1 is 1.07 bits per heavy atom. The summed E-state index contributed by atoms with van der Waals surface area (Å²) in [5, 5.41) is 21.2. The second-order valence-corrected chi connectivity index (χ2v) is 2.53. The molecule has 0 aliphatic heterocycles. The van der Waals surface area contributed by atoms with E-state index < -0.39 is 17.5 Å². The zero-order valence-corrected chi connectivity index (χ0v) is 8.47. The molecule has 1 aromatic rings. The summed E-state index contributed by atoms with van der Waals surface area (Å²) in [7, 11) is 0. The molecule has 0 aromatic heterocycles. The van der Waals surface area contributed by atoms with Gasteiger partial charge in [0.1, 0.15) is 5.97 Å². The molecule has 0 spiro atoms. The molecule has 1 aromatic carbocycles. The first-order valence-electron chi connectivity index (χ1n) is 3.80. The number of aliphatic carboxylic acids is 1. The zero-order chi connectivity index (χ0) is 10.6. The smallest absolute Gasteiger partial charge is 0.872 e. The SMILES string of the molecule is O=C([O-])C(=O)/C=C(\[O-])c1ccccc1.[Co+2]. The number of carbonyl (C=O) groups excluding carboxylic acids is 2.